The fourth-order valence-corrected chi connectivity index (χ4v) is 1.89. The molecule has 0 spiro atoms. The van der Waals surface area contributed by atoms with Crippen LogP contribution in [0, 0.1) is 13.8 Å². The average Bonchev–Trinajstić information content (AvgIpc) is 2.94. The molecule has 0 radical (unpaired) electrons. The molecule has 3 aromatic rings. The third kappa shape index (κ3) is 1.67. The molecule has 0 amide bonds. The highest BCUT2D eigenvalue weighted by Crippen LogP contribution is 2.13. The lowest BCUT2D eigenvalue weighted by Gasteiger charge is -2.04. The first-order valence-corrected chi connectivity index (χ1v) is 5.74. The molecule has 3 rings (SSSR count). The van der Waals surface area contributed by atoms with Crippen LogP contribution in [-0.4, -0.2) is 30.3 Å². The van der Waals surface area contributed by atoms with Crippen LogP contribution in [0.3, 0.4) is 0 Å². The Balaban J connectivity index is 2.09. The lowest BCUT2D eigenvalue weighted by molar-refractivity contribution is 0.0943. The summed E-state index contributed by atoms with van der Waals surface area (Å²) in [4.78, 5) is 12.3. The molecule has 0 bridgehead atoms. The number of hydrogen-bond donors (Lipinski definition) is 1. The molecule has 19 heavy (non-hydrogen) atoms. The fraction of sp³-hybridized carbons (Fsp3) is 0.167. The van der Waals surface area contributed by atoms with Crippen LogP contribution in [0.5, 0.6) is 0 Å². The number of nitrogens with two attached hydrogens (primary N) is 1. The minimum absolute atomic E-state index is 0.239. The van der Waals surface area contributed by atoms with Gasteiger partial charge in [0.15, 0.2) is 5.65 Å². The molecular formula is C12H12N6O. The second-order valence-electron chi connectivity index (χ2n) is 4.29. The number of carbonyl (C=O) groups excluding carboxylic acids is 1. The fourth-order valence-electron chi connectivity index (χ4n) is 1.89. The maximum atomic E-state index is 12.3. The van der Waals surface area contributed by atoms with Gasteiger partial charge in [-0.1, -0.05) is 0 Å². The highest BCUT2D eigenvalue weighted by Gasteiger charge is 2.14. The summed E-state index contributed by atoms with van der Waals surface area (Å²) in [7, 11) is 0. The summed E-state index contributed by atoms with van der Waals surface area (Å²) in [6, 6.07) is 3.39. The quantitative estimate of drug-likeness (QED) is 0.695. The van der Waals surface area contributed by atoms with Crippen LogP contribution in [0.1, 0.15) is 21.9 Å². The summed E-state index contributed by atoms with van der Waals surface area (Å²) in [6.07, 6.45) is 3.23. The number of fused-ring (bicyclic) bond motifs is 1. The first-order valence-electron chi connectivity index (χ1n) is 5.74. The molecule has 2 N–H and O–H groups in total. The Bertz CT molecular complexity index is 785. The third-order valence-corrected chi connectivity index (χ3v) is 3.07. The summed E-state index contributed by atoms with van der Waals surface area (Å²) in [5, 5.41) is 11.9. The summed E-state index contributed by atoms with van der Waals surface area (Å²) in [5.74, 6) is 0.533. The lowest BCUT2D eigenvalue weighted by Crippen LogP contribution is -2.15. The first-order chi connectivity index (χ1) is 9.08. The molecule has 0 saturated carbocycles. The van der Waals surface area contributed by atoms with Crippen molar-refractivity contribution in [1.29, 1.82) is 0 Å². The normalized spacial score (nSPS) is 11.1. The van der Waals surface area contributed by atoms with E-state index < -0.39 is 0 Å². The molecule has 7 nitrogen and oxygen atoms in total. The van der Waals surface area contributed by atoms with Gasteiger partial charge in [-0.25, -0.2) is 0 Å². The van der Waals surface area contributed by atoms with Crippen molar-refractivity contribution in [3.8, 4) is 0 Å². The van der Waals surface area contributed by atoms with Gasteiger partial charge in [-0.05, 0) is 26.0 Å². The van der Waals surface area contributed by atoms with E-state index in [1.165, 1.54) is 10.9 Å². The van der Waals surface area contributed by atoms with Gasteiger partial charge < -0.3 is 5.73 Å². The van der Waals surface area contributed by atoms with E-state index in [1.54, 1.807) is 29.7 Å². The zero-order chi connectivity index (χ0) is 13.6. The van der Waals surface area contributed by atoms with Crippen molar-refractivity contribution in [2.24, 2.45) is 0 Å². The van der Waals surface area contributed by atoms with Crippen LogP contribution in [0.2, 0.25) is 0 Å². The van der Waals surface area contributed by atoms with E-state index in [9.17, 15) is 4.79 Å². The maximum Gasteiger partial charge on any atom is 0.278 e. The standard InChI is InChI=1S/C12H12N6O/c1-7-10(13)6-14-18(7)12(19)9-3-4-17-8(2)15-16-11(17)5-9/h3-6H,13H2,1-2H3. The third-order valence-electron chi connectivity index (χ3n) is 3.07. The van der Waals surface area contributed by atoms with Crippen molar-refractivity contribution >= 4 is 17.2 Å². The van der Waals surface area contributed by atoms with Crippen LogP contribution < -0.4 is 5.73 Å². The number of carbonyl (C=O) groups is 1. The van der Waals surface area contributed by atoms with Crippen molar-refractivity contribution in [2.45, 2.75) is 13.8 Å². The first kappa shape index (κ1) is 11.4. The highest BCUT2D eigenvalue weighted by atomic mass is 16.2. The Labute approximate surface area is 108 Å². The van der Waals surface area contributed by atoms with E-state index in [1.807, 2.05) is 6.92 Å². The van der Waals surface area contributed by atoms with Crippen molar-refractivity contribution in [3.05, 3.63) is 41.6 Å². The van der Waals surface area contributed by atoms with E-state index in [0.29, 0.717) is 22.6 Å². The zero-order valence-corrected chi connectivity index (χ0v) is 10.5. The molecule has 0 fully saturated rings. The van der Waals surface area contributed by atoms with Gasteiger partial charge in [0.25, 0.3) is 5.91 Å². The average molecular weight is 256 g/mol. The van der Waals surface area contributed by atoms with Crippen LogP contribution in [-0.2, 0) is 0 Å². The molecule has 0 atom stereocenters. The van der Waals surface area contributed by atoms with Gasteiger partial charge in [0.05, 0.1) is 17.6 Å². The van der Waals surface area contributed by atoms with E-state index in [2.05, 4.69) is 15.3 Å². The Hall–Kier alpha value is -2.70. The van der Waals surface area contributed by atoms with Crippen LogP contribution in [0.4, 0.5) is 5.69 Å². The number of nitrogen functional groups attached to an aromatic ring is 1. The minimum Gasteiger partial charge on any atom is -0.396 e. The Kier molecular flexibility index (Phi) is 2.34. The molecule has 0 saturated heterocycles. The number of hydrogen-bond acceptors (Lipinski definition) is 5. The van der Waals surface area contributed by atoms with Gasteiger partial charge in [0.1, 0.15) is 5.82 Å². The number of anilines is 1. The smallest absolute Gasteiger partial charge is 0.278 e. The lowest BCUT2D eigenvalue weighted by atomic mass is 10.2. The molecule has 0 aromatic carbocycles. The molecule has 0 unspecified atom stereocenters. The maximum absolute atomic E-state index is 12.3. The molecule has 0 aliphatic rings. The Morgan fingerprint density at radius 1 is 1.32 bits per heavy atom. The molecule has 0 aliphatic carbocycles. The Morgan fingerprint density at radius 3 is 2.79 bits per heavy atom. The zero-order valence-electron chi connectivity index (χ0n) is 10.5. The molecule has 0 aliphatic heterocycles. The van der Waals surface area contributed by atoms with E-state index >= 15 is 0 Å². The van der Waals surface area contributed by atoms with Gasteiger partial charge in [0, 0.05) is 11.8 Å². The van der Waals surface area contributed by atoms with Crippen molar-refractivity contribution in [3.63, 3.8) is 0 Å². The van der Waals surface area contributed by atoms with Gasteiger partial charge in [-0.2, -0.15) is 9.78 Å². The molecule has 3 aromatic heterocycles. The van der Waals surface area contributed by atoms with Crippen molar-refractivity contribution < 1.29 is 4.79 Å². The van der Waals surface area contributed by atoms with Crippen LogP contribution in [0.25, 0.3) is 5.65 Å². The van der Waals surface area contributed by atoms with E-state index in [-0.39, 0.29) is 5.91 Å². The molecule has 96 valence electrons. The summed E-state index contributed by atoms with van der Waals surface area (Å²) >= 11 is 0. The summed E-state index contributed by atoms with van der Waals surface area (Å²) in [6.45, 7) is 3.60. The Morgan fingerprint density at radius 2 is 2.11 bits per heavy atom. The van der Waals surface area contributed by atoms with Gasteiger partial charge in [0.2, 0.25) is 0 Å². The highest BCUT2D eigenvalue weighted by molar-refractivity contribution is 5.96. The number of aromatic nitrogens is 5. The number of rotatable bonds is 1. The van der Waals surface area contributed by atoms with Gasteiger partial charge >= 0.3 is 0 Å². The number of nitrogens with zero attached hydrogens (tertiary/aromatic N) is 5. The predicted molar refractivity (Wildman–Crippen MR) is 68.8 cm³/mol. The predicted octanol–water partition coefficient (Wildman–Crippen LogP) is 0.813. The second kappa shape index (κ2) is 3.91. The summed E-state index contributed by atoms with van der Waals surface area (Å²) in [5.41, 5.74) is 7.93. The van der Waals surface area contributed by atoms with E-state index in [4.69, 9.17) is 5.73 Å². The molecule has 7 heteroatoms. The minimum atomic E-state index is -0.239. The van der Waals surface area contributed by atoms with Crippen LogP contribution in [0.15, 0.2) is 24.5 Å². The SMILES string of the molecule is Cc1c(N)cnn1C(=O)c1ccn2c(C)nnc2c1. The summed E-state index contributed by atoms with van der Waals surface area (Å²) < 4.78 is 3.09. The number of aryl methyl sites for hydroxylation is 1. The topological polar surface area (TPSA) is 91.1 Å². The van der Waals surface area contributed by atoms with Gasteiger partial charge in [-0.3, -0.25) is 9.20 Å². The van der Waals surface area contributed by atoms with Crippen molar-refractivity contribution in [2.75, 3.05) is 5.73 Å². The largest absolute Gasteiger partial charge is 0.396 e. The van der Waals surface area contributed by atoms with Crippen LogP contribution >= 0.6 is 0 Å². The number of pyridine rings is 1. The second-order valence-corrected chi connectivity index (χ2v) is 4.29. The van der Waals surface area contributed by atoms with Crippen molar-refractivity contribution in [1.82, 2.24) is 24.4 Å². The molecular weight excluding hydrogens is 244 g/mol. The molecule has 3 heterocycles. The monoisotopic (exact) mass is 256 g/mol. The van der Waals surface area contributed by atoms with Gasteiger partial charge in [-0.15, -0.1) is 10.2 Å². The van der Waals surface area contributed by atoms with E-state index in [0.717, 1.165) is 5.82 Å².